The third kappa shape index (κ3) is 8.64. The number of nitrogens with one attached hydrogen (secondary N) is 1. The third-order valence-electron chi connectivity index (χ3n) is 9.02. The van der Waals surface area contributed by atoms with Gasteiger partial charge in [0.25, 0.3) is 0 Å². The Morgan fingerprint density at radius 1 is 1.09 bits per heavy atom. The van der Waals surface area contributed by atoms with Gasteiger partial charge in [-0.25, -0.2) is 18.0 Å². The molecule has 13 nitrogen and oxygen atoms in total. The van der Waals surface area contributed by atoms with Crippen molar-refractivity contribution in [3.8, 4) is 5.75 Å². The van der Waals surface area contributed by atoms with E-state index in [9.17, 15) is 23.2 Å². The molecule has 3 saturated heterocycles. The maximum Gasteiger partial charge on any atom is 0.410 e. The average molecular weight is 684 g/mol. The van der Waals surface area contributed by atoms with Crippen LogP contribution in [0.2, 0.25) is 5.02 Å². The summed E-state index contributed by atoms with van der Waals surface area (Å²) < 4.78 is 44.5. The van der Waals surface area contributed by atoms with Crippen LogP contribution in [-0.2, 0) is 19.5 Å². The topological polar surface area (TPSA) is 141 Å². The van der Waals surface area contributed by atoms with Gasteiger partial charge in [0.15, 0.2) is 0 Å². The molecule has 0 aliphatic carbocycles. The summed E-state index contributed by atoms with van der Waals surface area (Å²) in [6.45, 7) is 8.87. The first-order valence-corrected chi connectivity index (χ1v) is 17.8. The highest BCUT2D eigenvalue weighted by atomic mass is 35.5. The minimum absolute atomic E-state index is 0.0166. The molecular weight excluding hydrogens is 638 g/mol. The maximum absolute atomic E-state index is 14.2. The van der Waals surface area contributed by atoms with Crippen LogP contribution in [0.3, 0.4) is 0 Å². The molecule has 4 aliphatic heterocycles. The Labute approximate surface area is 276 Å². The van der Waals surface area contributed by atoms with Crippen LogP contribution >= 0.6 is 11.6 Å². The van der Waals surface area contributed by atoms with Crippen molar-refractivity contribution < 1.29 is 36.9 Å². The van der Waals surface area contributed by atoms with E-state index in [1.807, 2.05) is 0 Å². The number of quaternary nitrogens is 1. The van der Waals surface area contributed by atoms with Crippen LogP contribution in [0.4, 0.5) is 9.59 Å². The van der Waals surface area contributed by atoms with Crippen molar-refractivity contribution in [2.45, 2.75) is 57.6 Å². The first-order valence-electron chi connectivity index (χ1n) is 16.0. The molecule has 46 heavy (non-hydrogen) atoms. The molecule has 256 valence electrons. The summed E-state index contributed by atoms with van der Waals surface area (Å²) in [4.78, 5) is 29.7. The number of piperidine rings is 1. The summed E-state index contributed by atoms with van der Waals surface area (Å²) in [5.41, 5.74) is -0.959. The van der Waals surface area contributed by atoms with Crippen LogP contribution < -0.4 is 10.1 Å². The van der Waals surface area contributed by atoms with Gasteiger partial charge in [0.2, 0.25) is 10.0 Å². The van der Waals surface area contributed by atoms with E-state index in [2.05, 4.69) is 10.2 Å². The number of rotatable bonds is 8. The molecule has 1 aromatic rings. The number of ether oxygens (including phenoxy) is 3. The third-order valence-corrected chi connectivity index (χ3v) is 11.2. The Bertz CT molecular complexity index is 1410. The smallest absolute Gasteiger partial charge is 0.410 e. The lowest BCUT2D eigenvalue weighted by molar-refractivity contribution is -0.888. The van der Waals surface area contributed by atoms with Gasteiger partial charge in [-0.05, 0) is 83.8 Å². The minimum atomic E-state index is -3.87. The van der Waals surface area contributed by atoms with Crippen LogP contribution in [0, 0.1) is 5.21 Å². The van der Waals surface area contributed by atoms with Crippen molar-refractivity contribution in [1.82, 2.24) is 19.4 Å². The number of benzene rings is 1. The standard InChI is InChI=1S/C31H46ClN5O8S/c1-30(2,3)45-29(39)35-12-8-31(9-13-35,33-28(38)43-19-16-34-10-4-5-11-34)23-37(40)17-14-36(15-18-37)46(41,42)26-20-24-6-7-25(32)21-27(24)44-22-26/h6-7,20-21H,4-5,8-19,22-23H2,1-3H3,(H,33,38). The Morgan fingerprint density at radius 3 is 2.41 bits per heavy atom. The van der Waals surface area contributed by atoms with Gasteiger partial charge < -0.3 is 34.3 Å². The number of alkyl carbamates (subject to hydrolysis) is 1. The van der Waals surface area contributed by atoms with Gasteiger partial charge in [-0.15, -0.1) is 0 Å². The molecule has 4 heterocycles. The molecule has 0 radical (unpaired) electrons. The number of nitrogens with zero attached hydrogens (tertiary/aromatic N) is 4. The van der Waals surface area contributed by atoms with Crippen molar-refractivity contribution in [1.29, 1.82) is 0 Å². The fourth-order valence-electron chi connectivity index (χ4n) is 6.49. The molecule has 0 spiro atoms. The predicted molar refractivity (Wildman–Crippen MR) is 174 cm³/mol. The Kier molecular flexibility index (Phi) is 10.5. The number of carbonyl (C=O) groups excluding carboxylic acids is 2. The van der Waals surface area contributed by atoms with E-state index in [0.717, 1.165) is 25.9 Å². The molecule has 0 unspecified atom stereocenters. The number of sulfonamides is 1. The highest BCUT2D eigenvalue weighted by Crippen LogP contribution is 2.33. The Hall–Kier alpha value is -2.62. The zero-order chi connectivity index (χ0) is 33.2. The van der Waals surface area contributed by atoms with E-state index in [0.29, 0.717) is 48.8 Å². The van der Waals surface area contributed by atoms with Crippen molar-refractivity contribution in [2.24, 2.45) is 0 Å². The fraction of sp³-hybridized carbons (Fsp3) is 0.677. The SMILES string of the molecule is CC(C)(C)OC(=O)N1CCC(C[N+]2([O-])CCN(S(=O)(=O)C3=Cc4ccc(Cl)cc4OC3)CC2)(NC(=O)OCCN2CCCC2)CC1. The van der Waals surface area contributed by atoms with Crippen molar-refractivity contribution in [3.05, 3.63) is 38.9 Å². The number of fused-ring (bicyclic) bond motifs is 1. The zero-order valence-corrected chi connectivity index (χ0v) is 28.5. The summed E-state index contributed by atoms with van der Waals surface area (Å²) >= 11 is 6.04. The molecule has 0 atom stereocenters. The van der Waals surface area contributed by atoms with Gasteiger partial charge in [0, 0.05) is 30.2 Å². The second-order valence-electron chi connectivity index (χ2n) is 13.7. The largest absolute Gasteiger partial charge is 0.633 e. The number of hydroxylamine groups is 3. The van der Waals surface area contributed by atoms with Crippen LogP contribution in [0.25, 0.3) is 6.08 Å². The molecule has 5 rings (SSSR count). The monoisotopic (exact) mass is 683 g/mol. The van der Waals surface area contributed by atoms with Crippen LogP contribution in [-0.4, -0.2) is 129 Å². The highest BCUT2D eigenvalue weighted by molar-refractivity contribution is 7.93. The lowest BCUT2D eigenvalue weighted by Crippen LogP contribution is -2.68. The predicted octanol–water partition coefficient (Wildman–Crippen LogP) is 3.63. The van der Waals surface area contributed by atoms with Crippen molar-refractivity contribution in [2.75, 3.05) is 78.7 Å². The zero-order valence-electron chi connectivity index (χ0n) is 27.0. The number of hydrogen-bond acceptors (Lipinski definition) is 9. The van der Waals surface area contributed by atoms with Crippen LogP contribution in [0.1, 0.15) is 52.0 Å². The van der Waals surface area contributed by atoms with Gasteiger partial charge in [0.1, 0.15) is 31.1 Å². The van der Waals surface area contributed by atoms with E-state index in [1.54, 1.807) is 49.9 Å². The quantitative estimate of drug-likeness (QED) is 0.321. The second-order valence-corrected chi connectivity index (χ2v) is 16.1. The van der Waals surface area contributed by atoms with E-state index in [-0.39, 0.29) is 50.8 Å². The highest BCUT2D eigenvalue weighted by Gasteiger charge is 2.45. The minimum Gasteiger partial charge on any atom is -0.633 e. The van der Waals surface area contributed by atoms with Crippen LogP contribution in [0.5, 0.6) is 5.75 Å². The van der Waals surface area contributed by atoms with Gasteiger partial charge in [-0.2, -0.15) is 4.31 Å². The lowest BCUT2D eigenvalue weighted by Gasteiger charge is -2.53. The molecule has 4 aliphatic rings. The summed E-state index contributed by atoms with van der Waals surface area (Å²) in [6.07, 6.45) is 3.51. The number of carbonyl (C=O) groups is 2. The molecule has 3 fully saturated rings. The molecule has 1 N–H and O–H groups in total. The first-order chi connectivity index (χ1) is 21.7. The lowest BCUT2D eigenvalue weighted by atomic mass is 9.86. The van der Waals surface area contributed by atoms with E-state index in [1.165, 1.54) is 4.31 Å². The van der Waals surface area contributed by atoms with E-state index >= 15 is 0 Å². The molecule has 0 bridgehead atoms. The number of halogens is 1. The summed E-state index contributed by atoms with van der Waals surface area (Å²) in [7, 11) is -3.87. The van der Waals surface area contributed by atoms with E-state index < -0.39 is 38.0 Å². The maximum atomic E-state index is 14.2. The molecule has 15 heteroatoms. The molecule has 0 saturated carbocycles. The molecule has 0 aromatic heterocycles. The Balaban J connectivity index is 1.23. The number of amides is 2. The molecule has 2 amide bonds. The van der Waals surface area contributed by atoms with E-state index in [4.69, 9.17) is 25.8 Å². The van der Waals surface area contributed by atoms with Crippen molar-refractivity contribution >= 4 is 39.9 Å². The summed E-state index contributed by atoms with van der Waals surface area (Å²) in [6, 6.07) is 5.03. The Morgan fingerprint density at radius 2 is 1.76 bits per heavy atom. The number of likely N-dealkylation sites (tertiary alicyclic amines) is 2. The molecule has 1 aromatic carbocycles. The first kappa shape index (κ1) is 34.7. The van der Waals surface area contributed by atoms with Gasteiger partial charge in [0.05, 0.1) is 36.6 Å². The van der Waals surface area contributed by atoms with Gasteiger partial charge >= 0.3 is 12.2 Å². The second kappa shape index (κ2) is 13.9. The number of piperazine rings is 1. The fourth-order valence-corrected chi connectivity index (χ4v) is 8.11. The van der Waals surface area contributed by atoms with Gasteiger partial charge in [-0.3, -0.25) is 4.90 Å². The average Bonchev–Trinajstić information content (AvgIpc) is 3.50. The number of hydrogen-bond donors (Lipinski definition) is 1. The molecular formula is C31H46ClN5O8S. The van der Waals surface area contributed by atoms with Crippen molar-refractivity contribution in [3.63, 3.8) is 0 Å². The van der Waals surface area contributed by atoms with Crippen LogP contribution in [0.15, 0.2) is 23.1 Å². The normalized spacial score (nSPS) is 21.9. The van der Waals surface area contributed by atoms with Gasteiger partial charge in [-0.1, -0.05) is 11.6 Å². The summed E-state index contributed by atoms with van der Waals surface area (Å²) in [5, 5.41) is 17.7. The summed E-state index contributed by atoms with van der Waals surface area (Å²) in [5.74, 6) is 0.519.